The summed E-state index contributed by atoms with van der Waals surface area (Å²) in [7, 11) is 0. The lowest BCUT2D eigenvalue weighted by Gasteiger charge is -2.10. The molecule has 0 aromatic heterocycles. The van der Waals surface area contributed by atoms with Gasteiger partial charge in [-0.3, -0.25) is 4.79 Å². The quantitative estimate of drug-likeness (QED) is 0.840. The molecule has 94 valence electrons. The molecule has 1 unspecified atom stereocenters. The van der Waals surface area contributed by atoms with Gasteiger partial charge in [0.05, 0.1) is 5.02 Å². The van der Waals surface area contributed by atoms with Crippen LogP contribution in [0.1, 0.15) is 33.1 Å². The van der Waals surface area contributed by atoms with E-state index in [1.54, 1.807) is 6.07 Å². The number of amides is 1. The molecule has 0 bridgehead atoms. The molecule has 0 saturated heterocycles. The number of hydrogen-bond acceptors (Lipinski definition) is 1. The van der Waals surface area contributed by atoms with Crippen molar-refractivity contribution in [2.24, 2.45) is 5.92 Å². The summed E-state index contributed by atoms with van der Waals surface area (Å²) in [5.41, 5.74) is 0.445. The van der Waals surface area contributed by atoms with Crippen molar-refractivity contribution in [1.82, 2.24) is 0 Å². The third-order valence-electron chi connectivity index (χ3n) is 2.52. The Morgan fingerprint density at radius 3 is 2.82 bits per heavy atom. The van der Waals surface area contributed by atoms with Crippen molar-refractivity contribution >= 4 is 23.2 Å². The summed E-state index contributed by atoms with van der Waals surface area (Å²) < 4.78 is 13.1. The lowest BCUT2D eigenvalue weighted by Crippen LogP contribution is -2.15. The molecule has 0 radical (unpaired) electrons. The number of carbonyl (C=O) groups is 1. The van der Waals surface area contributed by atoms with Gasteiger partial charge in [-0.1, -0.05) is 38.3 Å². The summed E-state index contributed by atoms with van der Waals surface area (Å²) in [5, 5.41) is 2.72. The Morgan fingerprint density at radius 2 is 2.24 bits per heavy atom. The lowest BCUT2D eigenvalue weighted by atomic mass is 10.0. The third-order valence-corrected chi connectivity index (χ3v) is 2.83. The van der Waals surface area contributed by atoms with Crippen LogP contribution in [0.4, 0.5) is 10.1 Å². The van der Waals surface area contributed by atoms with Crippen molar-refractivity contribution in [1.29, 1.82) is 0 Å². The first kappa shape index (κ1) is 14.0. The van der Waals surface area contributed by atoms with E-state index < -0.39 is 5.82 Å². The van der Waals surface area contributed by atoms with Crippen LogP contribution < -0.4 is 5.32 Å². The summed E-state index contributed by atoms with van der Waals surface area (Å²) in [6, 6.07) is 4.25. The van der Waals surface area contributed by atoms with Gasteiger partial charge in [-0.15, -0.1) is 0 Å². The van der Waals surface area contributed by atoms with Gasteiger partial charge in [-0.05, 0) is 24.1 Å². The molecule has 1 amide bonds. The molecule has 1 aromatic rings. The zero-order valence-corrected chi connectivity index (χ0v) is 10.9. The van der Waals surface area contributed by atoms with Crippen molar-refractivity contribution in [3.05, 3.63) is 29.0 Å². The van der Waals surface area contributed by atoms with Crippen molar-refractivity contribution in [2.75, 3.05) is 5.32 Å². The highest BCUT2D eigenvalue weighted by molar-refractivity contribution is 6.30. The molecule has 0 aliphatic heterocycles. The summed E-state index contributed by atoms with van der Waals surface area (Å²) in [6.45, 7) is 4.12. The molecular weight excluding hydrogens is 241 g/mol. The minimum Gasteiger partial charge on any atom is -0.326 e. The number of benzene rings is 1. The third kappa shape index (κ3) is 4.73. The molecule has 4 heteroatoms. The van der Waals surface area contributed by atoms with E-state index in [1.807, 2.05) is 6.92 Å². The topological polar surface area (TPSA) is 29.1 Å². The van der Waals surface area contributed by atoms with Crippen molar-refractivity contribution in [3.63, 3.8) is 0 Å². The van der Waals surface area contributed by atoms with Crippen LogP contribution in [0.5, 0.6) is 0 Å². The number of halogens is 2. The standard InChI is InChI=1S/C13H17ClFNO/c1-3-4-9(2)7-13(17)16-10-5-6-11(14)12(15)8-10/h5-6,8-9H,3-4,7H2,1-2H3,(H,16,17). The fourth-order valence-electron chi connectivity index (χ4n) is 1.70. The van der Waals surface area contributed by atoms with Gasteiger partial charge in [0.25, 0.3) is 0 Å². The SMILES string of the molecule is CCCC(C)CC(=O)Nc1ccc(Cl)c(F)c1. The van der Waals surface area contributed by atoms with Crippen molar-refractivity contribution in [2.45, 2.75) is 33.1 Å². The van der Waals surface area contributed by atoms with E-state index in [0.29, 0.717) is 18.0 Å². The Bertz CT molecular complexity index is 395. The molecule has 0 aliphatic carbocycles. The maximum Gasteiger partial charge on any atom is 0.224 e. The van der Waals surface area contributed by atoms with Gasteiger partial charge in [0.15, 0.2) is 0 Å². The van der Waals surface area contributed by atoms with E-state index in [1.165, 1.54) is 12.1 Å². The zero-order valence-electron chi connectivity index (χ0n) is 10.1. The van der Waals surface area contributed by atoms with E-state index in [-0.39, 0.29) is 10.9 Å². The number of carbonyl (C=O) groups excluding carboxylic acids is 1. The number of nitrogens with one attached hydrogen (secondary N) is 1. The maximum atomic E-state index is 13.1. The minimum atomic E-state index is -0.522. The normalized spacial score (nSPS) is 12.2. The Morgan fingerprint density at radius 1 is 1.53 bits per heavy atom. The molecule has 0 saturated carbocycles. The van der Waals surface area contributed by atoms with Crippen LogP contribution in [0.15, 0.2) is 18.2 Å². The summed E-state index contributed by atoms with van der Waals surface area (Å²) >= 11 is 5.56. The molecule has 0 spiro atoms. The van der Waals surface area contributed by atoms with Crippen LogP contribution in [0.25, 0.3) is 0 Å². The molecule has 17 heavy (non-hydrogen) atoms. The molecule has 1 atom stereocenters. The second-order valence-corrected chi connectivity index (χ2v) is 4.68. The first-order valence-electron chi connectivity index (χ1n) is 5.77. The average Bonchev–Trinajstić information content (AvgIpc) is 2.23. The summed E-state index contributed by atoms with van der Waals surface area (Å²) in [6.07, 6.45) is 2.53. The smallest absolute Gasteiger partial charge is 0.224 e. The van der Waals surface area contributed by atoms with Crippen LogP contribution in [0, 0.1) is 11.7 Å². The minimum absolute atomic E-state index is 0.0577. The largest absolute Gasteiger partial charge is 0.326 e. The van der Waals surface area contributed by atoms with Crippen LogP contribution in [-0.4, -0.2) is 5.91 Å². The molecule has 1 N–H and O–H groups in total. The van der Waals surface area contributed by atoms with Gasteiger partial charge in [-0.25, -0.2) is 4.39 Å². The molecule has 1 rings (SSSR count). The van der Waals surface area contributed by atoms with Crippen LogP contribution in [0.3, 0.4) is 0 Å². The van der Waals surface area contributed by atoms with Gasteiger partial charge >= 0.3 is 0 Å². The van der Waals surface area contributed by atoms with E-state index in [0.717, 1.165) is 12.8 Å². The van der Waals surface area contributed by atoms with E-state index in [2.05, 4.69) is 12.2 Å². The zero-order chi connectivity index (χ0) is 12.8. The maximum absolute atomic E-state index is 13.1. The Balaban J connectivity index is 2.53. The fraction of sp³-hybridized carbons (Fsp3) is 0.462. The second-order valence-electron chi connectivity index (χ2n) is 4.28. The van der Waals surface area contributed by atoms with E-state index >= 15 is 0 Å². The van der Waals surface area contributed by atoms with Gasteiger partial charge in [-0.2, -0.15) is 0 Å². The summed E-state index contributed by atoms with van der Waals surface area (Å²) in [5.74, 6) is -0.268. The number of hydrogen-bond donors (Lipinski definition) is 1. The lowest BCUT2D eigenvalue weighted by molar-refractivity contribution is -0.117. The monoisotopic (exact) mass is 257 g/mol. The molecule has 0 fully saturated rings. The van der Waals surface area contributed by atoms with E-state index in [9.17, 15) is 9.18 Å². The van der Waals surface area contributed by atoms with Gasteiger partial charge in [0, 0.05) is 12.1 Å². The van der Waals surface area contributed by atoms with Gasteiger partial charge in [0.2, 0.25) is 5.91 Å². The van der Waals surface area contributed by atoms with Crippen LogP contribution in [0.2, 0.25) is 5.02 Å². The summed E-state index contributed by atoms with van der Waals surface area (Å²) in [4.78, 5) is 11.6. The van der Waals surface area contributed by atoms with E-state index in [4.69, 9.17) is 11.6 Å². The second kappa shape index (κ2) is 6.60. The predicted molar refractivity (Wildman–Crippen MR) is 68.7 cm³/mol. The van der Waals surface area contributed by atoms with Crippen molar-refractivity contribution < 1.29 is 9.18 Å². The molecule has 2 nitrogen and oxygen atoms in total. The number of rotatable bonds is 5. The Hall–Kier alpha value is -1.09. The Labute approximate surface area is 106 Å². The molecule has 0 aliphatic rings. The molecule has 0 heterocycles. The fourth-order valence-corrected chi connectivity index (χ4v) is 1.81. The first-order valence-corrected chi connectivity index (χ1v) is 6.15. The first-order chi connectivity index (χ1) is 8.02. The van der Waals surface area contributed by atoms with Gasteiger partial charge in [0.1, 0.15) is 5.82 Å². The highest BCUT2D eigenvalue weighted by Gasteiger charge is 2.09. The van der Waals surface area contributed by atoms with Gasteiger partial charge < -0.3 is 5.32 Å². The van der Waals surface area contributed by atoms with Crippen LogP contribution >= 0.6 is 11.6 Å². The van der Waals surface area contributed by atoms with Crippen molar-refractivity contribution in [3.8, 4) is 0 Å². The molecule has 1 aromatic carbocycles. The number of anilines is 1. The molecular formula is C13H17ClFNO. The van der Waals surface area contributed by atoms with Crippen LogP contribution in [-0.2, 0) is 4.79 Å². The Kier molecular flexibility index (Phi) is 5.42. The average molecular weight is 258 g/mol. The predicted octanol–water partition coefficient (Wildman–Crippen LogP) is 4.24. The highest BCUT2D eigenvalue weighted by Crippen LogP contribution is 2.19. The highest BCUT2D eigenvalue weighted by atomic mass is 35.5.